The number of carbonyl (C=O) groups excluding carboxylic acids is 1. The quantitative estimate of drug-likeness (QED) is 0.671. The third-order valence-electron chi connectivity index (χ3n) is 4.81. The Kier molecular flexibility index (Phi) is 4.97. The van der Waals surface area contributed by atoms with Gasteiger partial charge in [0.05, 0.1) is 30.2 Å². The highest BCUT2D eigenvalue weighted by atomic mass is 16.5. The Bertz CT molecular complexity index is 870. The average Bonchev–Trinajstić information content (AvgIpc) is 3.08. The lowest BCUT2D eigenvalue weighted by atomic mass is 9.95. The van der Waals surface area contributed by atoms with Crippen molar-refractivity contribution in [2.75, 3.05) is 13.2 Å². The number of aryl methyl sites for hydroxylation is 1. The third-order valence-corrected chi connectivity index (χ3v) is 4.81. The molecule has 1 amide bonds. The number of imidazole rings is 1. The van der Waals surface area contributed by atoms with Gasteiger partial charge in [0.15, 0.2) is 0 Å². The van der Waals surface area contributed by atoms with E-state index in [4.69, 9.17) is 4.74 Å². The molecule has 5 nitrogen and oxygen atoms in total. The number of para-hydroxylation sites is 2. The fraction of sp³-hybridized carbons (Fsp3) is 0.333. The summed E-state index contributed by atoms with van der Waals surface area (Å²) in [6.45, 7) is 1.32. The zero-order chi connectivity index (χ0) is 17.8. The molecule has 1 aromatic heterocycles. The van der Waals surface area contributed by atoms with E-state index in [9.17, 15) is 4.79 Å². The summed E-state index contributed by atoms with van der Waals surface area (Å²) in [5, 5.41) is 3.00. The molecule has 2 heterocycles. The van der Waals surface area contributed by atoms with Crippen molar-refractivity contribution < 1.29 is 9.53 Å². The van der Waals surface area contributed by atoms with Gasteiger partial charge in [-0.25, -0.2) is 4.98 Å². The molecule has 5 heteroatoms. The molecule has 0 spiro atoms. The number of hydrogen-bond acceptors (Lipinski definition) is 3. The molecule has 134 valence electrons. The standard InChI is InChI=1S/C21H23N3O2/c25-21(14-19-16-7-2-1-6-15(16)11-13-26-19)22-12-5-10-20-23-17-8-3-4-9-18(17)24-20/h1-4,6-9,19H,5,10-14H2,(H,22,25)(H,23,24)/t19-/m1/s1. The van der Waals surface area contributed by atoms with Crippen molar-refractivity contribution in [1.29, 1.82) is 0 Å². The number of nitrogens with one attached hydrogen (secondary N) is 2. The van der Waals surface area contributed by atoms with Crippen LogP contribution in [0, 0.1) is 0 Å². The summed E-state index contributed by atoms with van der Waals surface area (Å²) >= 11 is 0. The molecule has 26 heavy (non-hydrogen) atoms. The highest BCUT2D eigenvalue weighted by molar-refractivity contribution is 5.77. The van der Waals surface area contributed by atoms with Gasteiger partial charge in [-0.3, -0.25) is 4.79 Å². The van der Waals surface area contributed by atoms with Crippen molar-refractivity contribution in [1.82, 2.24) is 15.3 Å². The lowest BCUT2D eigenvalue weighted by Gasteiger charge is -2.25. The second-order valence-electron chi connectivity index (χ2n) is 6.67. The Labute approximate surface area is 152 Å². The molecule has 0 aliphatic carbocycles. The summed E-state index contributed by atoms with van der Waals surface area (Å²) < 4.78 is 5.81. The van der Waals surface area contributed by atoms with E-state index in [1.165, 1.54) is 5.56 Å². The van der Waals surface area contributed by atoms with Gasteiger partial charge in [0.25, 0.3) is 0 Å². The van der Waals surface area contributed by atoms with E-state index >= 15 is 0 Å². The SMILES string of the molecule is O=C(C[C@H]1OCCc2ccccc21)NCCCc1nc2ccccc2[nH]1. The number of hydrogen-bond donors (Lipinski definition) is 2. The number of aromatic nitrogens is 2. The van der Waals surface area contributed by atoms with Gasteiger partial charge in [-0.2, -0.15) is 0 Å². The zero-order valence-electron chi connectivity index (χ0n) is 14.7. The monoisotopic (exact) mass is 349 g/mol. The van der Waals surface area contributed by atoms with Crippen LogP contribution in [-0.4, -0.2) is 29.0 Å². The van der Waals surface area contributed by atoms with Gasteiger partial charge >= 0.3 is 0 Å². The fourth-order valence-electron chi connectivity index (χ4n) is 3.49. The summed E-state index contributed by atoms with van der Waals surface area (Å²) in [5.41, 5.74) is 4.48. The van der Waals surface area contributed by atoms with Crippen molar-refractivity contribution in [3.05, 3.63) is 65.5 Å². The van der Waals surface area contributed by atoms with Gasteiger partial charge in [0, 0.05) is 13.0 Å². The van der Waals surface area contributed by atoms with E-state index in [-0.39, 0.29) is 12.0 Å². The number of nitrogens with zero attached hydrogens (tertiary/aromatic N) is 1. The van der Waals surface area contributed by atoms with Crippen LogP contribution in [0.1, 0.15) is 35.9 Å². The molecule has 0 radical (unpaired) electrons. The van der Waals surface area contributed by atoms with Crippen LogP contribution < -0.4 is 5.32 Å². The second kappa shape index (κ2) is 7.70. The first-order valence-corrected chi connectivity index (χ1v) is 9.19. The van der Waals surface area contributed by atoms with Crippen LogP contribution in [0.3, 0.4) is 0 Å². The predicted octanol–water partition coefficient (Wildman–Crippen LogP) is 3.32. The molecule has 1 atom stereocenters. The maximum Gasteiger partial charge on any atom is 0.222 e. The summed E-state index contributed by atoms with van der Waals surface area (Å²) in [4.78, 5) is 20.1. The zero-order valence-corrected chi connectivity index (χ0v) is 14.7. The van der Waals surface area contributed by atoms with E-state index in [1.54, 1.807) is 0 Å². The van der Waals surface area contributed by atoms with Crippen LogP contribution in [0.5, 0.6) is 0 Å². The number of benzene rings is 2. The Balaban J connectivity index is 1.24. The fourth-order valence-corrected chi connectivity index (χ4v) is 3.49. The minimum atomic E-state index is -0.129. The van der Waals surface area contributed by atoms with Crippen LogP contribution >= 0.6 is 0 Å². The van der Waals surface area contributed by atoms with E-state index in [2.05, 4.69) is 27.4 Å². The molecule has 4 rings (SSSR count). The Morgan fingerprint density at radius 3 is 2.96 bits per heavy atom. The van der Waals surface area contributed by atoms with Gasteiger partial charge in [-0.15, -0.1) is 0 Å². The molecule has 0 saturated heterocycles. The highest BCUT2D eigenvalue weighted by Crippen LogP contribution is 2.29. The molecule has 0 unspecified atom stereocenters. The summed E-state index contributed by atoms with van der Waals surface area (Å²) in [6, 6.07) is 16.2. The minimum Gasteiger partial charge on any atom is -0.373 e. The molecule has 2 aromatic carbocycles. The van der Waals surface area contributed by atoms with Gasteiger partial charge in [0.1, 0.15) is 5.82 Å². The number of rotatable bonds is 6. The molecular formula is C21H23N3O2. The second-order valence-corrected chi connectivity index (χ2v) is 6.67. The largest absolute Gasteiger partial charge is 0.373 e. The number of ether oxygens (including phenoxy) is 1. The van der Waals surface area contributed by atoms with E-state index < -0.39 is 0 Å². The normalized spacial score (nSPS) is 16.4. The first kappa shape index (κ1) is 16.8. The minimum absolute atomic E-state index is 0.0382. The molecule has 3 aromatic rings. The van der Waals surface area contributed by atoms with Gasteiger partial charge in [-0.05, 0) is 36.1 Å². The molecule has 0 fully saturated rings. The number of carbonyl (C=O) groups is 1. The van der Waals surface area contributed by atoms with E-state index in [0.717, 1.165) is 41.7 Å². The summed E-state index contributed by atoms with van der Waals surface area (Å²) in [5.74, 6) is 1.00. The average molecular weight is 349 g/mol. The molecule has 0 saturated carbocycles. The predicted molar refractivity (Wildman–Crippen MR) is 101 cm³/mol. The molecule has 1 aliphatic rings. The lowest BCUT2D eigenvalue weighted by Crippen LogP contribution is -2.28. The molecule has 0 bridgehead atoms. The van der Waals surface area contributed by atoms with E-state index in [1.807, 2.05) is 36.4 Å². The van der Waals surface area contributed by atoms with Crippen LogP contribution in [0.4, 0.5) is 0 Å². The van der Waals surface area contributed by atoms with Crippen LogP contribution in [-0.2, 0) is 22.4 Å². The smallest absolute Gasteiger partial charge is 0.222 e. The maximum absolute atomic E-state index is 12.3. The first-order chi connectivity index (χ1) is 12.8. The van der Waals surface area contributed by atoms with Crippen molar-refractivity contribution in [2.24, 2.45) is 0 Å². The number of aromatic amines is 1. The Hall–Kier alpha value is -2.66. The van der Waals surface area contributed by atoms with Gasteiger partial charge in [-0.1, -0.05) is 36.4 Å². The van der Waals surface area contributed by atoms with Gasteiger partial charge in [0.2, 0.25) is 5.91 Å². The highest BCUT2D eigenvalue weighted by Gasteiger charge is 2.22. The van der Waals surface area contributed by atoms with E-state index in [0.29, 0.717) is 19.6 Å². The van der Waals surface area contributed by atoms with Crippen molar-refractivity contribution >= 4 is 16.9 Å². The summed E-state index contributed by atoms with van der Waals surface area (Å²) in [6.07, 6.45) is 2.84. The van der Waals surface area contributed by atoms with Crippen molar-refractivity contribution in [3.8, 4) is 0 Å². The number of H-pyrrole nitrogens is 1. The molecule has 2 N–H and O–H groups in total. The Morgan fingerprint density at radius 2 is 2.04 bits per heavy atom. The van der Waals surface area contributed by atoms with Crippen LogP contribution in [0.25, 0.3) is 11.0 Å². The summed E-state index contributed by atoms with van der Waals surface area (Å²) in [7, 11) is 0. The van der Waals surface area contributed by atoms with Crippen molar-refractivity contribution in [3.63, 3.8) is 0 Å². The molecule has 1 aliphatic heterocycles. The maximum atomic E-state index is 12.3. The van der Waals surface area contributed by atoms with Crippen molar-refractivity contribution in [2.45, 2.75) is 31.8 Å². The topological polar surface area (TPSA) is 67.0 Å². The number of fused-ring (bicyclic) bond motifs is 2. The third kappa shape index (κ3) is 3.78. The Morgan fingerprint density at radius 1 is 1.19 bits per heavy atom. The lowest BCUT2D eigenvalue weighted by molar-refractivity contribution is -0.124. The number of amides is 1. The van der Waals surface area contributed by atoms with Crippen LogP contribution in [0.2, 0.25) is 0 Å². The van der Waals surface area contributed by atoms with Crippen LogP contribution in [0.15, 0.2) is 48.5 Å². The first-order valence-electron chi connectivity index (χ1n) is 9.19. The molecular weight excluding hydrogens is 326 g/mol. The van der Waals surface area contributed by atoms with Gasteiger partial charge < -0.3 is 15.0 Å².